The Hall–Kier alpha value is -3.24. The number of ether oxygens (including phenoxy) is 1. The van der Waals surface area contributed by atoms with Gasteiger partial charge in [-0.2, -0.15) is 0 Å². The number of alkyl carbamates (subject to hydrolysis) is 1. The van der Waals surface area contributed by atoms with E-state index in [2.05, 4.69) is 48.0 Å². The zero-order valence-corrected chi connectivity index (χ0v) is 21.7. The molecule has 3 N–H and O–H groups in total. The van der Waals surface area contributed by atoms with E-state index in [0.717, 1.165) is 53.3 Å². The largest absolute Gasteiger partial charge is 0.444 e. The van der Waals surface area contributed by atoms with Crippen molar-refractivity contribution < 1.29 is 9.53 Å². The number of aliphatic imine (C=N–C) groups is 1. The monoisotopic (exact) mass is 497 g/mol. The molecule has 0 unspecified atom stereocenters. The molecule has 1 saturated heterocycles. The molecular formula is C25H35N7O2S. The third-order valence-electron chi connectivity index (χ3n) is 4.92. The van der Waals surface area contributed by atoms with Gasteiger partial charge in [-0.3, -0.25) is 4.99 Å². The summed E-state index contributed by atoms with van der Waals surface area (Å²) in [5, 5.41) is 10.2. The molecule has 0 aromatic carbocycles. The SMILES string of the molecule is CN=C/C(=C\C/C=C/CNC(=O)OC(C)(C)C)c1cnc(Nc2cc(N3CCNCC3)ccn2)s1. The smallest absolute Gasteiger partial charge is 0.407 e. The van der Waals surface area contributed by atoms with Crippen LogP contribution in [0.1, 0.15) is 32.1 Å². The molecule has 2 aromatic rings. The Morgan fingerprint density at radius 1 is 1.29 bits per heavy atom. The normalized spacial score (nSPS) is 15.1. The predicted molar refractivity (Wildman–Crippen MR) is 145 cm³/mol. The van der Waals surface area contributed by atoms with Crippen LogP contribution in [0, 0.1) is 0 Å². The first-order valence-corrected chi connectivity index (χ1v) is 12.5. The van der Waals surface area contributed by atoms with Crippen molar-refractivity contribution in [3.05, 3.63) is 47.6 Å². The zero-order valence-electron chi connectivity index (χ0n) is 20.9. The highest BCUT2D eigenvalue weighted by Crippen LogP contribution is 2.28. The molecule has 0 saturated carbocycles. The van der Waals surface area contributed by atoms with Crippen LogP contribution in [0.4, 0.5) is 21.4 Å². The standard InChI is InChI=1S/C25H35N7O2S/c1-25(2,3)34-24(33)29-10-7-5-6-8-19(17-26-4)21-18-30-23(35-21)31-22-16-20(9-11-28-22)32-14-12-27-13-15-32/h5,7-9,11,16-18,27H,6,10,12-15H2,1-4H3,(H,29,33)(H,28,30,31)/b7-5+,19-8+,26-17?. The minimum Gasteiger partial charge on any atom is -0.444 e. The molecule has 0 atom stereocenters. The Morgan fingerprint density at radius 3 is 2.83 bits per heavy atom. The van der Waals surface area contributed by atoms with Crippen molar-refractivity contribution in [2.75, 3.05) is 50.0 Å². The van der Waals surface area contributed by atoms with Crippen molar-refractivity contribution in [1.82, 2.24) is 20.6 Å². The van der Waals surface area contributed by atoms with E-state index in [-0.39, 0.29) is 0 Å². The number of aromatic nitrogens is 2. The van der Waals surface area contributed by atoms with E-state index in [9.17, 15) is 4.79 Å². The number of hydrogen-bond donors (Lipinski definition) is 3. The maximum Gasteiger partial charge on any atom is 0.407 e. The molecule has 2 aromatic heterocycles. The topological polar surface area (TPSA) is 104 Å². The highest BCUT2D eigenvalue weighted by molar-refractivity contribution is 7.17. The summed E-state index contributed by atoms with van der Waals surface area (Å²) in [7, 11) is 1.75. The van der Waals surface area contributed by atoms with E-state index >= 15 is 0 Å². The number of carbonyl (C=O) groups is 1. The Bertz CT molecular complexity index is 1050. The molecule has 10 heteroatoms. The molecule has 3 heterocycles. The molecule has 0 spiro atoms. The van der Waals surface area contributed by atoms with Crippen LogP contribution in [0.5, 0.6) is 0 Å². The molecule has 1 amide bonds. The Kier molecular flexibility index (Phi) is 9.80. The third-order valence-corrected chi connectivity index (χ3v) is 5.88. The third kappa shape index (κ3) is 9.14. The van der Waals surface area contributed by atoms with Crippen molar-refractivity contribution in [2.45, 2.75) is 32.8 Å². The molecule has 1 fully saturated rings. The van der Waals surface area contributed by atoms with Gasteiger partial charge in [0.25, 0.3) is 0 Å². The molecule has 3 rings (SSSR count). The summed E-state index contributed by atoms with van der Waals surface area (Å²) in [6.45, 7) is 9.88. The van der Waals surface area contributed by atoms with Crippen LogP contribution in [0.3, 0.4) is 0 Å². The van der Waals surface area contributed by atoms with Gasteiger partial charge in [-0.15, -0.1) is 0 Å². The lowest BCUT2D eigenvalue weighted by molar-refractivity contribution is 0.0534. The number of nitrogens with one attached hydrogen (secondary N) is 3. The summed E-state index contributed by atoms with van der Waals surface area (Å²) in [4.78, 5) is 28.2. The number of thiazole rings is 1. The maximum atomic E-state index is 11.7. The quantitative estimate of drug-likeness (QED) is 0.352. The first kappa shape index (κ1) is 26.4. The Labute approximate surface area is 211 Å². The lowest BCUT2D eigenvalue weighted by atomic mass is 10.2. The van der Waals surface area contributed by atoms with Crippen LogP contribution in [0.25, 0.3) is 5.57 Å². The fourth-order valence-corrected chi connectivity index (χ4v) is 4.20. The molecule has 0 radical (unpaired) electrons. The van der Waals surface area contributed by atoms with Gasteiger partial charge >= 0.3 is 6.09 Å². The number of rotatable bonds is 9. The molecule has 0 aliphatic carbocycles. The fraction of sp³-hybridized carbons (Fsp3) is 0.440. The number of nitrogens with zero attached hydrogens (tertiary/aromatic N) is 4. The fourth-order valence-electron chi connectivity index (χ4n) is 3.37. The molecule has 1 aliphatic heterocycles. The lowest BCUT2D eigenvalue weighted by Gasteiger charge is -2.29. The molecule has 1 aliphatic rings. The lowest BCUT2D eigenvalue weighted by Crippen LogP contribution is -2.43. The van der Waals surface area contributed by atoms with E-state index in [1.165, 1.54) is 0 Å². The van der Waals surface area contributed by atoms with Crippen LogP contribution in [-0.2, 0) is 4.74 Å². The average Bonchev–Trinajstić information content (AvgIpc) is 3.28. The van der Waals surface area contributed by atoms with Gasteiger partial charge in [0.15, 0.2) is 5.13 Å². The van der Waals surface area contributed by atoms with Gasteiger partial charge in [0.2, 0.25) is 0 Å². The number of hydrogen-bond acceptors (Lipinski definition) is 9. The highest BCUT2D eigenvalue weighted by atomic mass is 32.1. The number of allylic oxidation sites excluding steroid dienone is 3. The highest BCUT2D eigenvalue weighted by Gasteiger charge is 2.15. The van der Waals surface area contributed by atoms with Gasteiger partial charge in [0.1, 0.15) is 11.4 Å². The zero-order chi connectivity index (χ0) is 25.1. The van der Waals surface area contributed by atoms with E-state index in [0.29, 0.717) is 13.0 Å². The second kappa shape index (κ2) is 13.0. The van der Waals surface area contributed by atoms with Gasteiger partial charge in [0, 0.05) is 75.7 Å². The van der Waals surface area contributed by atoms with Crippen molar-refractivity contribution in [3.63, 3.8) is 0 Å². The molecule has 9 nitrogen and oxygen atoms in total. The van der Waals surface area contributed by atoms with Crippen LogP contribution < -0.4 is 20.9 Å². The Morgan fingerprint density at radius 2 is 2.09 bits per heavy atom. The second-order valence-electron chi connectivity index (χ2n) is 8.93. The summed E-state index contributed by atoms with van der Waals surface area (Å²) in [5.41, 5.74) is 1.65. The van der Waals surface area contributed by atoms with Crippen molar-refractivity contribution in [3.8, 4) is 0 Å². The number of pyridine rings is 1. The number of amides is 1. The number of carbonyl (C=O) groups excluding carboxylic acids is 1. The summed E-state index contributed by atoms with van der Waals surface area (Å²) in [6.07, 6.45) is 11.7. The van der Waals surface area contributed by atoms with Crippen LogP contribution in [0.15, 0.2) is 47.7 Å². The van der Waals surface area contributed by atoms with Gasteiger partial charge < -0.3 is 25.6 Å². The predicted octanol–water partition coefficient (Wildman–Crippen LogP) is 4.25. The van der Waals surface area contributed by atoms with E-state index in [4.69, 9.17) is 4.74 Å². The molecule has 35 heavy (non-hydrogen) atoms. The molecule has 188 valence electrons. The summed E-state index contributed by atoms with van der Waals surface area (Å²) in [6, 6.07) is 4.10. The van der Waals surface area contributed by atoms with E-state index < -0.39 is 11.7 Å². The summed E-state index contributed by atoms with van der Waals surface area (Å²) < 4.78 is 5.22. The van der Waals surface area contributed by atoms with Gasteiger partial charge in [-0.1, -0.05) is 29.6 Å². The maximum absolute atomic E-state index is 11.7. The first-order valence-electron chi connectivity index (χ1n) is 11.7. The van der Waals surface area contributed by atoms with E-state index in [1.807, 2.05) is 57.6 Å². The Balaban J connectivity index is 1.56. The van der Waals surface area contributed by atoms with Crippen molar-refractivity contribution in [1.29, 1.82) is 0 Å². The van der Waals surface area contributed by atoms with E-state index in [1.54, 1.807) is 18.4 Å². The van der Waals surface area contributed by atoms with Crippen LogP contribution >= 0.6 is 11.3 Å². The summed E-state index contributed by atoms with van der Waals surface area (Å²) >= 11 is 1.55. The van der Waals surface area contributed by atoms with Crippen LogP contribution in [-0.4, -0.2) is 67.6 Å². The van der Waals surface area contributed by atoms with Gasteiger partial charge in [0.05, 0.1) is 4.88 Å². The van der Waals surface area contributed by atoms with Gasteiger partial charge in [-0.25, -0.2) is 14.8 Å². The second-order valence-corrected chi connectivity index (χ2v) is 9.96. The number of anilines is 3. The minimum atomic E-state index is -0.503. The minimum absolute atomic E-state index is 0.411. The number of piperazine rings is 1. The molecular weight excluding hydrogens is 462 g/mol. The first-order chi connectivity index (χ1) is 16.8. The molecule has 0 bridgehead atoms. The average molecular weight is 498 g/mol. The van der Waals surface area contributed by atoms with Gasteiger partial charge in [-0.05, 0) is 33.3 Å². The van der Waals surface area contributed by atoms with Crippen LogP contribution in [0.2, 0.25) is 0 Å². The van der Waals surface area contributed by atoms with Crippen molar-refractivity contribution in [2.24, 2.45) is 4.99 Å². The van der Waals surface area contributed by atoms with Crippen molar-refractivity contribution >= 4 is 45.9 Å². The summed E-state index contributed by atoms with van der Waals surface area (Å²) in [5.74, 6) is 0.775.